The molecule has 0 saturated carbocycles. The van der Waals surface area contributed by atoms with Gasteiger partial charge in [-0.15, -0.1) is 0 Å². The van der Waals surface area contributed by atoms with Gasteiger partial charge in [0.25, 0.3) is 0 Å². The van der Waals surface area contributed by atoms with Gasteiger partial charge in [-0.2, -0.15) is 0 Å². The molecule has 2 amide bonds. The highest BCUT2D eigenvalue weighted by Crippen LogP contribution is 2.02. The number of aromatic nitrogens is 2. The summed E-state index contributed by atoms with van der Waals surface area (Å²) >= 11 is 0. The quantitative estimate of drug-likeness (QED) is 0.701. The summed E-state index contributed by atoms with van der Waals surface area (Å²) in [6.07, 6.45) is 7.53. The molecule has 0 aliphatic heterocycles. The largest absolute Gasteiger partial charge is 0.480 e. The highest BCUT2D eigenvalue weighted by Gasteiger charge is 2.24. The first-order chi connectivity index (χ1) is 9.56. The number of nitrogens with one attached hydrogen (secondary N) is 1. The van der Waals surface area contributed by atoms with Gasteiger partial charge in [0.2, 0.25) is 0 Å². The molecule has 1 rings (SSSR count). The van der Waals surface area contributed by atoms with E-state index in [0.717, 1.165) is 19.4 Å². The van der Waals surface area contributed by atoms with Crippen molar-refractivity contribution in [2.24, 2.45) is 0 Å². The molecule has 0 aliphatic carbocycles. The lowest BCUT2D eigenvalue weighted by Gasteiger charge is -2.24. The number of hydrogen-bond donors (Lipinski definition) is 2. The highest BCUT2D eigenvalue weighted by molar-refractivity contribution is 5.82. The van der Waals surface area contributed by atoms with Crippen molar-refractivity contribution in [3.8, 4) is 0 Å². The van der Waals surface area contributed by atoms with Crippen LogP contribution in [-0.4, -0.2) is 51.2 Å². The van der Waals surface area contributed by atoms with Gasteiger partial charge < -0.3 is 19.9 Å². The Labute approximate surface area is 118 Å². The first kappa shape index (κ1) is 16.0. The maximum absolute atomic E-state index is 11.8. The third-order valence-corrected chi connectivity index (χ3v) is 3.14. The molecule has 0 aromatic carbocycles. The van der Waals surface area contributed by atoms with Crippen LogP contribution >= 0.6 is 0 Å². The molecule has 0 bridgehead atoms. The number of nitrogens with zero attached hydrogens (tertiary/aromatic N) is 3. The lowest BCUT2D eigenvalue weighted by Crippen LogP contribution is -2.47. The molecule has 20 heavy (non-hydrogen) atoms. The number of carboxylic acids is 1. The fourth-order valence-electron chi connectivity index (χ4n) is 1.91. The molecule has 0 saturated heterocycles. The summed E-state index contributed by atoms with van der Waals surface area (Å²) in [4.78, 5) is 27.9. The van der Waals surface area contributed by atoms with E-state index >= 15 is 0 Å². The number of hydrogen-bond acceptors (Lipinski definition) is 3. The molecule has 7 nitrogen and oxygen atoms in total. The van der Waals surface area contributed by atoms with Gasteiger partial charge in [-0.25, -0.2) is 14.6 Å². The summed E-state index contributed by atoms with van der Waals surface area (Å²) in [6.45, 7) is 3.14. The second kappa shape index (κ2) is 8.19. The number of unbranched alkanes of at least 4 members (excludes halogenated alkanes) is 1. The van der Waals surface area contributed by atoms with Crippen molar-refractivity contribution in [2.75, 3.05) is 13.6 Å². The van der Waals surface area contributed by atoms with Crippen molar-refractivity contribution >= 4 is 12.0 Å². The highest BCUT2D eigenvalue weighted by atomic mass is 16.4. The van der Waals surface area contributed by atoms with E-state index in [1.165, 1.54) is 11.9 Å². The van der Waals surface area contributed by atoms with Crippen molar-refractivity contribution in [1.82, 2.24) is 19.8 Å². The molecular formula is C13H22N4O3. The summed E-state index contributed by atoms with van der Waals surface area (Å²) < 4.78 is 1.98. The average Bonchev–Trinajstić information content (AvgIpc) is 2.91. The van der Waals surface area contributed by atoms with Crippen LogP contribution in [0.25, 0.3) is 0 Å². The van der Waals surface area contributed by atoms with Gasteiger partial charge >= 0.3 is 12.0 Å². The van der Waals surface area contributed by atoms with E-state index in [2.05, 4.69) is 10.3 Å². The van der Waals surface area contributed by atoms with E-state index in [-0.39, 0.29) is 6.03 Å². The number of urea groups is 1. The Hall–Kier alpha value is -2.05. The lowest BCUT2D eigenvalue weighted by atomic mass is 10.2. The van der Waals surface area contributed by atoms with Gasteiger partial charge in [0.15, 0.2) is 0 Å². The fourth-order valence-corrected chi connectivity index (χ4v) is 1.91. The predicted octanol–water partition coefficient (Wildman–Crippen LogP) is 1.17. The van der Waals surface area contributed by atoms with Crippen molar-refractivity contribution in [2.45, 2.75) is 38.8 Å². The van der Waals surface area contributed by atoms with Gasteiger partial charge in [0.05, 0.1) is 6.33 Å². The first-order valence-electron chi connectivity index (χ1n) is 6.75. The standard InChI is InChI=1S/C13H22N4O3/c1-3-11(12(18)19)16(2)13(20)15-6-4-5-8-17-9-7-14-10-17/h7,9-11H,3-6,8H2,1-2H3,(H,15,20)(H,18,19). The fraction of sp³-hybridized carbons (Fsp3) is 0.615. The third kappa shape index (κ3) is 4.91. The van der Waals surface area contributed by atoms with Crippen molar-refractivity contribution < 1.29 is 14.7 Å². The molecule has 1 aromatic heterocycles. The Balaban J connectivity index is 2.20. The molecule has 1 heterocycles. The number of amides is 2. The summed E-state index contributed by atoms with van der Waals surface area (Å²) in [5.74, 6) is -0.981. The van der Waals surface area contributed by atoms with E-state index in [9.17, 15) is 9.59 Å². The van der Waals surface area contributed by atoms with Crippen LogP contribution in [0.2, 0.25) is 0 Å². The van der Waals surface area contributed by atoms with E-state index in [1.807, 2.05) is 10.8 Å². The van der Waals surface area contributed by atoms with E-state index < -0.39 is 12.0 Å². The van der Waals surface area contributed by atoms with Gasteiger partial charge in [0, 0.05) is 32.5 Å². The van der Waals surface area contributed by atoms with Crippen LogP contribution in [0.5, 0.6) is 0 Å². The number of likely N-dealkylation sites (N-methyl/N-ethyl adjacent to an activating group) is 1. The molecule has 0 radical (unpaired) electrons. The van der Waals surface area contributed by atoms with Gasteiger partial charge in [-0.1, -0.05) is 6.92 Å². The monoisotopic (exact) mass is 282 g/mol. The van der Waals surface area contributed by atoms with Crippen molar-refractivity contribution in [3.63, 3.8) is 0 Å². The molecule has 1 unspecified atom stereocenters. The van der Waals surface area contributed by atoms with E-state index in [0.29, 0.717) is 13.0 Å². The molecule has 2 N–H and O–H groups in total. The summed E-state index contributed by atoms with van der Waals surface area (Å²) in [5.41, 5.74) is 0. The SMILES string of the molecule is CCC(C(=O)O)N(C)C(=O)NCCCCn1ccnc1. The minimum absolute atomic E-state index is 0.345. The van der Waals surface area contributed by atoms with Crippen LogP contribution < -0.4 is 5.32 Å². The minimum Gasteiger partial charge on any atom is -0.480 e. The Morgan fingerprint density at radius 2 is 2.20 bits per heavy atom. The number of rotatable bonds is 8. The van der Waals surface area contributed by atoms with E-state index in [4.69, 9.17) is 5.11 Å². The summed E-state index contributed by atoms with van der Waals surface area (Å²) in [6, 6.07) is -1.12. The third-order valence-electron chi connectivity index (χ3n) is 3.14. The molecule has 0 spiro atoms. The number of aryl methyl sites for hydroxylation is 1. The molecular weight excluding hydrogens is 260 g/mol. The van der Waals surface area contributed by atoms with Crippen LogP contribution in [0.3, 0.4) is 0 Å². The number of carbonyl (C=O) groups excluding carboxylic acids is 1. The first-order valence-corrected chi connectivity index (χ1v) is 6.75. The zero-order chi connectivity index (χ0) is 15.0. The van der Waals surface area contributed by atoms with Gasteiger partial charge in [-0.3, -0.25) is 0 Å². The van der Waals surface area contributed by atoms with Gasteiger partial charge in [0.1, 0.15) is 6.04 Å². The van der Waals surface area contributed by atoms with Crippen LogP contribution in [0.1, 0.15) is 26.2 Å². The number of imidazole rings is 1. The van der Waals surface area contributed by atoms with Crippen LogP contribution in [0.15, 0.2) is 18.7 Å². The van der Waals surface area contributed by atoms with Crippen LogP contribution in [0, 0.1) is 0 Å². The van der Waals surface area contributed by atoms with Crippen molar-refractivity contribution in [3.05, 3.63) is 18.7 Å². The maximum Gasteiger partial charge on any atom is 0.326 e. The molecule has 0 aliphatic rings. The normalized spacial score (nSPS) is 11.9. The Morgan fingerprint density at radius 1 is 1.45 bits per heavy atom. The minimum atomic E-state index is -0.981. The molecule has 1 atom stereocenters. The van der Waals surface area contributed by atoms with E-state index in [1.54, 1.807) is 19.4 Å². The lowest BCUT2D eigenvalue weighted by molar-refractivity contribution is -0.141. The topological polar surface area (TPSA) is 87.5 Å². The molecule has 1 aromatic rings. The Kier molecular flexibility index (Phi) is 6.55. The zero-order valence-electron chi connectivity index (χ0n) is 12.0. The smallest absolute Gasteiger partial charge is 0.326 e. The zero-order valence-corrected chi connectivity index (χ0v) is 12.0. The maximum atomic E-state index is 11.8. The number of aliphatic carboxylic acids is 1. The number of carboxylic acid groups (broad SMARTS) is 1. The second-order valence-electron chi connectivity index (χ2n) is 4.61. The predicted molar refractivity (Wildman–Crippen MR) is 74.3 cm³/mol. The van der Waals surface area contributed by atoms with Crippen molar-refractivity contribution in [1.29, 1.82) is 0 Å². The Morgan fingerprint density at radius 3 is 2.75 bits per heavy atom. The second-order valence-corrected chi connectivity index (χ2v) is 4.61. The average molecular weight is 282 g/mol. The summed E-state index contributed by atoms with van der Waals surface area (Å²) in [5, 5.41) is 11.7. The van der Waals surface area contributed by atoms with Gasteiger partial charge in [-0.05, 0) is 19.3 Å². The molecule has 7 heteroatoms. The number of carbonyl (C=O) groups is 2. The van der Waals surface area contributed by atoms with Crippen LogP contribution in [0.4, 0.5) is 4.79 Å². The van der Waals surface area contributed by atoms with Crippen LogP contribution in [-0.2, 0) is 11.3 Å². The Bertz CT molecular complexity index is 419. The molecule has 0 fully saturated rings. The summed E-state index contributed by atoms with van der Waals surface area (Å²) in [7, 11) is 1.50. The molecule has 112 valence electrons.